The molecule has 1 amide bonds. The van der Waals surface area contributed by atoms with Crippen molar-refractivity contribution < 1.29 is 14.3 Å². The number of primary amides is 1. The quantitative estimate of drug-likeness (QED) is 0.335. The second kappa shape index (κ2) is 10.5. The largest absolute Gasteiger partial charge is 0.391 e. The number of aliphatic hydroxyl groups excluding tert-OH is 1. The van der Waals surface area contributed by atoms with Crippen molar-refractivity contribution in [3.8, 4) is 0 Å². The number of halogens is 2. The maximum atomic E-state index is 13.0. The van der Waals surface area contributed by atoms with Crippen LogP contribution in [-0.4, -0.2) is 54.2 Å². The van der Waals surface area contributed by atoms with Crippen molar-refractivity contribution in [1.29, 1.82) is 0 Å². The monoisotopic (exact) mass is 464 g/mol. The lowest BCUT2D eigenvalue weighted by Gasteiger charge is -2.22. The van der Waals surface area contributed by atoms with Crippen LogP contribution in [0.15, 0.2) is 29.3 Å². The third kappa shape index (κ3) is 6.77. The van der Waals surface area contributed by atoms with E-state index in [0.29, 0.717) is 31.9 Å². The second-order valence-corrected chi connectivity index (χ2v) is 6.01. The van der Waals surface area contributed by atoms with E-state index in [1.54, 1.807) is 12.1 Å². The van der Waals surface area contributed by atoms with Gasteiger partial charge < -0.3 is 21.1 Å². The fraction of sp³-hybridized carbons (Fsp3) is 0.529. The van der Waals surface area contributed by atoms with E-state index in [1.165, 1.54) is 12.1 Å². The molecule has 1 aliphatic rings. The molecule has 0 spiro atoms. The van der Waals surface area contributed by atoms with Gasteiger partial charge in [0.25, 0.3) is 0 Å². The van der Waals surface area contributed by atoms with Crippen molar-refractivity contribution in [1.82, 2.24) is 10.2 Å². The van der Waals surface area contributed by atoms with E-state index in [9.17, 15) is 14.3 Å². The number of nitrogens with two attached hydrogens (primary N) is 1. The fourth-order valence-corrected chi connectivity index (χ4v) is 2.72. The highest BCUT2D eigenvalue weighted by Crippen LogP contribution is 2.12. The molecule has 4 N–H and O–H groups in total. The molecule has 1 unspecified atom stereocenters. The number of likely N-dealkylation sites (tertiary alicyclic amines) is 1. The van der Waals surface area contributed by atoms with E-state index in [4.69, 9.17) is 5.73 Å². The molecule has 2 rings (SSSR count). The molecule has 8 heteroatoms. The molecule has 1 heterocycles. The van der Waals surface area contributed by atoms with E-state index >= 15 is 0 Å². The van der Waals surface area contributed by atoms with Crippen LogP contribution in [0, 0.1) is 11.7 Å². The number of β-amino-alcohol motifs (C(OH)–C–C–N with tert-alkyl or cyclic N) is 1. The minimum atomic E-state index is -0.461. The van der Waals surface area contributed by atoms with E-state index in [2.05, 4.69) is 10.3 Å². The normalized spacial score (nSPS) is 18.6. The van der Waals surface area contributed by atoms with Gasteiger partial charge in [-0.05, 0) is 37.5 Å². The Balaban J connectivity index is 0.00000312. The average molecular weight is 464 g/mol. The number of amides is 1. The van der Waals surface area contributed by atoms with Crippen LogP contribution in [0.4, 0.5) is 4.39 Å². The van der Waals surface area contributed by atoms with Crippen molar-refractivity contribution in [2.45, 2.75) is 25.9 Å². The summed E-state index contributed by atoms with van der Waals surface area (Å²) in [5.41, 5.74) is 6.34. The van der Waals surface area contributed by atoms with Crippen LogP contribution < -0.4 is 11.1 Å². The van der Waals surface area contributed by atoms with Crippen molar-refractivity contribution in [2.75, 3.05) is 26.2 Å². The second-order valence-electron chi connectivity index (χ2n) is 6.01. The molecule has 0 radical (unpaired) electrons. The number of carbonyl (C=O) groups excluding carboxylic acids is 1. The van der Waals surface area contributed by atoms with Crippen LogP contribution in [-0.2, 0) is 11.2 Å². The first-order valence-electron chi connectivity index (χ1n) is 8.24. The standard InChI is InChI=1S/C17H25FN4O2.HI/c1-2-20-17(22-8-7-15(23)11-22)21-10-13(16(19)24)9-12-3-5-14(18)6-4-12;/h3-6,13,15,23H,2,7-11H2,1H3,(H2,19,24)(H,20,21);1H/t13?,15-;/m1./s1. The topological polar surface area (TPSA) is 90.9 Å². The first-order valence-corrected chi connectivity index (χ1v) is 8.24. The molecular formula is C17H26FIN4O2. The van der Waals surface area contributed by atoms with Gasteiger partial charge >= 0.3 is 0 Å². The lowest BCUT2D eigenvalue weighted by Crippen LogP contribution is -2.41. The number of hydrogen-bond donors (Lipinski definition) is 3. The van der Waals surface area contributed by atoms with Gasteiger partial charge in [0.1, 0.15) is 5.82 Å². The molecule has 1 fully saturated rings. The maximum absolute atomic E-state index is 13.0. The number of carbonyl (C=O) groups is 1. The van der Waals surface area contributed by atoms with Gasteiger partial charge in [0, 0.05) is 19.6 Å². The first-order chi connectivity index (χ1) is 11.5. The van der Waals surface area contributed by atoms with Gasteiger partial charge in [-0.25, -0.2) is 4.39 Å². The summed E-state index contributed by atoms with van der Waals surface area (Å²) in [6, 6.07) is 6.03. The average Bonchev–Trinajstić information content (AvgIpc) is 2.98. The van der Waals surface area contributed by atoms with Crippen LogP contribution in [0.2, 0.25) is 0 Å². The molecule has 1 aliphatic heterocycles. The van der Waals surface area contributed by atoms with Gasteiger partial charge in [-0.1, -0.05) is 12.1 Å². The number of nitrogens with one attached hydrogen (secondary N) is 1. The summed E-state index contributed by atoms with van der Waals surface area (Å²) in [5, 5.41) is 12.8. The molecule has 2 atom stereocenters. The molecule has 0 bridgehead atoms. The van der Waals surface area contributed by atoms with Crippen molar-refractivity contribution >= 4 is 35.8 Å². The van der Waals surface area contributed by atoms with Crippen LogP contribution in [0.3, 0.4) is 0 Å². The molecular weight excluding hydrogens is 438 g/mol. The number of hydrogen-bond acceptors (Lipinski definition) is 3. The van der Waals surface area contributed by atoms with Gasteiger partial charge in [0.2, 0.25) is 5.91 Å². The number of benzene rings is 1. The van der Waals surface area contributed by atoms with E-state index in [0.717, 1.165) is 12.1 Å². The van der Waals surface area contributed by atoms with Crippen molar-refractivity contribution in [3.63, 3.8) is 0 Å². The summed E-state index contributed by atoms with van der Waals surface area (Å²) in [7, 11) is 0. The molecule has 0 aromatic heterocycles. The summed E-state index contributed by atoms with van der Waals surface area (Å²) in [6.45, 7) is 4.18. The lowest BCUT2D eigenvalue weighted by atomic mass is 9.99. The Kier molecular flexibility index (Phi) is 9.12. The van der Waals surface area contributed by atoms with Gasteiger partial charge in [0.15, 0.2) is 5.96 Å². The summed E-state index contributed by atoms with van der Waals surface area (Å²) in [6.07, 6.45) is 0.778. The molecule has 1 aromatic carbocycles. The summed E-state index contributed by atoms with van der Waals surface area (Å²) >= 11 is 0. The minimum absolute atomic E-state index is 0. The fourth-order valence-electron chi connectivity index (χ4n) is 2.72. The Morgan fingerprint density at radius 1 is 1.48 bits per heavy atom. The lowest BCUT2D eigenvalue weighted by molar-refractivity contribution is -0.121. The zero-order valence-electron chi connectivity index (χ0n) is 14.3. The molecule has 1 aromatic rings. The predicted molar refractivity (Wildman–Crippen MR) is 106 cm³/mol. The number of guanidine groups is 1. The van der Waals surface area contributed by atoms with Gasteiger partial charge in [-0.3, -0.25) is 9.79 Å². The Morgan fingerprint density at radius 3 is 2.68 bits per heavy atom. The zero-order valence-corrected chi connectivity index (χ0v) is 16.7. The smallest absolute Gasteiger partial charge is 0.222 e. The Bertz CT molecular complexity index is 583. The molecule has 0 saturated carbocycles. The van der Waals surface area contributed by atoms with E-state index in [-0.39, 0.29) is 42.4 Å². The molecule has 140 valence electrons. The van der Waals surface area contributed by atoms with Gasteiger partial charge in [-0.15, -0.1) is 24.0 Å². The SMILES string of the molecule is CCNC(=NCC(Cc1ccc(F)cc1)C(N)=O)N1CC[C@@H](O)C1.I. The van der Waals surface area contributed by atoms with Crippen LogP contribution in [0.5, 0.6) is 0 Å². The van der Waals surface area contributed by atoms with Crippen molar-refractivity contribution in [3.05, 3.63) is 35.6 Å². The number of rotatable bonds is 6. The summed E-state index contributed by atoms with van der Waals surface area (Å²) in [5.74, 6) is -0.522. The Labute approximate surface area is 164 Å². The van der Waals surface area contributed by atoms with E-state index in [1.807, 2.05) is 11.8 Å². The van der Waals surface area contributed by atoms with Crippen LogP contribution in [0.25, 0.3) is 0 Å². The number of aliphatic imine (C=N–C) groups is 1. The van der Waals surface area contributed by atoms with E-state index < -0.39 is 11.8 Å². The first kappa shape index (κ1) is 21.6. The van der Waals surface area contributed by atoms with Gasteiger partial charge in [-0.2, -0.15) is 0 Å². The highest BCUT2D eigenvalue weighted by Gasteiger charge is 2.23. The zero-order chi connectivity index (χ0) is 17.5. The third-order valence-corrected chi connectivity index (χ3v) is 4.06. The molecule has 25 heavy (non-hydrogen) atoms. The van der Waals surface area contributed by atoms with Crippen LogP contribution >= 0.6 is 24.0 Å². The predicted octanol–water partition coefficient (Wildman–Crippen LogP) is 1.12. The van der Waals surface area contributed by atoms with Gasteiger partial charge in [0.05, 0.1) is 18.6 Å². The number of nitrogens with zero attached hydrogens (tertiary/aromatic N) is 2. The summed E-state index contributed by atoms with van der Waals surface area (Å²) in [4.78, 5) is 18.2. The minimum Gasteiger partial charge on any atom is -0.391 e. The third-order valence-electron chi connectivity index (χ3n) is 4.06. The highest BCUT2D eigenvalue weighted by atomic mass is 127. The van der Waals surface area contributed by atoms with Crippen molar-refractivity contribution in [2.24, 2.45) is 16.6 Å². The maximum Gasteiger partial charge on any atom is 0.222 e. The van der Waals surface area contributed by atoms with Crippen LogP contribution in [0.1, 0.15) is 18.9 Å². The highest BCUT2D eigenvalue weighted by molar-refractivity contribution is 14.0. The Morgan fingerprint density at radius 2 is 2.16 bits per heavy atom. The molecule has 6 nitrogen and oxygen atoms in total. The molecule has 0 aliphatic carbocycles. The Hall–Kier alpha value is -1.42. The molecule has 1 saturated heterocycles. The summed E-state index contributed by atoms with van der Waals surface area (Å²) < 4.78 is 13.0. The number of aliphatic hydroxyl groups is 1.